The number of hydrogen-bond acceptors (Lipinski definition) is 5. The highest BCUT2D eigenvalue weighted by Crippen LogP contribution is 2.31. The number of alkyl halides is 3. The molecule has 0 bridgehead atoms. The smallest absolute Gasteiger partial charge is 0.417 e. The normalized spacial score (nSPS) is 12.7. The van der Waals surface area contributed by atoms with E-state index in [-0.39, 0.29) is 19.1 Å². The first-order chi connectivity index (χ1) is 16.6. The molecule has 0 saturated carbocycles. The molecule has 4 N–H and O–H groups in total. The van der Waals surface area contributed by atoms with E-state index >= 15 is 0 Å². The summed E-state index contributed by atoms with van der Waals surface area (Å²) < 4.78 is 45.6. The van der Waals surface area contributed by atoms with Gasteiger partial charge in [0.05, 0.1) is 17.7 Å². The molecule has 10 nitrogen and oxygen atoms in total. The van der Waals surface area contributed by atoms with Crippen molar-refractivity contribution in [3.63, 3.8) is 0 Å². The number of aromatic nitrogens is 2. The monoisotopic (exact) mass is 488 g/mol. The third-order valence-corrected chi connectivity index (χ3v) is 5.03. The summed E-state index contributed by atoms with van der Waals surface area (Å²) in [5.41, 5.74) is -0.956. The first kappa shape index (κ1) is 23.6. The van der Waals surface area contributed by atoms with E-state index in [2.05, 4.69) is 26.3 Å². The lowest BCUT2D eigenvalue weighted by atomic mass is 10.2. The maximum atomic E-state index is 13.0. The Kier molecular flexibility index (Phi) is 6.32. The van der Waals surface area contributed by atoms with Crippen LogP contribution in [0, 0.1) is 0 Å². The highest BCUT2D eigenvalue weighted by molar-refractivity contribution is 5.91. The van der Waals surface area contributed by atoms with Crippen molar-refractivity contribution in [3.8, 4) is 11.5 Å². The molecule has 4 amide bonds. The van der Waals surface area contributed by atoms with Crippen molar-refractivity contribution < 1.29 is 27.5 Å². The fourth-order valence-electron chi connectivity index (χ4n) is 3.28. The average molecular weight is 488 g/mol. The van der Waals surface area contributed by atoms with Gasteiger partial charge in [-0.25, -0.2) is 14.6 Å². The Labute approximate surface area is 196 Å². The lowest BCUT2D eigenvalue weighted by Crippen LogP contribution is -2.34. The Bertz CT molecular complexity index is 1340. The second-order valence-corrected chi connectivity index (χ2v) is 7.55. The minimum atomic E-state index is -4.66. The number of rotatable bonds is 5. The van der Waals surface area contributed by atoms with E-state index in [0.29, 0.717) is 40.7 Å². The van der Waals surface area contributed by atoms with Crippen LogP contribution in [-0.4, -0.2) is 21.6 Å². The Balaban J connectivity index is 1.37. The van der Waals surface area contributed by atoms with Crippen LogP contribution in [0.1, 0.15) is 16.7 Å². The van der Waals surface area contributed by atoms with Crippen molar-refractivity contribution in [3.05, 3.63) is 75.8 Å². The number of pyridine rings is 2. The zero-order chi connectivity index (χ0) is 25.2. The van der Waals surface area contributed by atoms with Gasteiger partial charge in [0.25, 0.3) is 5.56 Å². The van der Waals surface area contributed by atoms with Gasteiger partial charge in [-0.2, -0.15) is 13.2 Å². The molecule has 0 radical (unpaired) electrons. The van der Waals surface area contributed by atoms with E-state index in [1.807, 2.05) is 0 Å². The SMILES string of the molecule is Cn1cc(C(F)(F)F)cc(NC(=O)NCc2ccc(Oc3ccnc4c3CNC(=O)N4)cc2)c1=O. The topological polar surface area (TPSA) is 126 Å². The van der Waals surface area contributed by atoms with Gasteiger partial charge >= 0.3 is 18.2 Å². The molecule has 0 fully saturated rings. The molecular weight excluding hydrogens is 469 g/mol. The van der Waals surface area contributed by atoms with Crippen LogP contribution in [0.25, 0.3) is 0 Å². The molecule has 3 heterocycles. The molecule has 13 heteroatoms. The van der Waals surface area contributed by atoms with Crippen molar-refractivity contribution >= 4 is 23.6 Å². The van der Waals surface area contributed by atoms with Gasteiger partial charge in [0.1, 0.15) is 23.0 Å². The van der Waals surface area contributed by atoms with E-state index in [4.69, 9.17) is 4.74 Å². The number of hydrogen-bond donors (Lipinski definition) is 4. The van der Waals surface area contributed by atoms with E-state index in [0.717, 1.165) is 4.57 Å². The maximum absolute atomic E-state index is 13.0. The van der Waals surface area contributed by atoms with Crippen LogP contribution in [0.2, 0.25) is 0 Å². The molecule has 0 spiro atoms. The third kappa shape index (κ3) is 5.51. The lowest BCUT2D eigenvalue weighted by molar-refractivity contribution is -0.138. The number of urea groups is 2. The number of halogens is 3. The highest BCUT2D eigenvalue weighted by Gasteiger charge is 2.32. The largest absolute Gasteiger partial charge is 0.457 e. The summed E-state index contributed by atoms with van der Waals surface area (Å²) in [4.78, 5) is 39.8. The molecule has 1 aliphatic rings. The zero-order valence-corrected chi connectivity index (χ0v) is 18.2. The maximum Gasteiger partial charge on any atom is 0.417 e. The predicted molar refractivity (Wildman–Crippen MR) is 119 cm³/mol. The summed E-state index contributed by atoms with van der Waals surface area (Å²) in [7, 11) is 1.17. The minimum Gasteiger partial charge on any atom is -0.457 e. The molecule has 1 aromatic carbocycles. The molecule has 1 aliphatic heterocycles. The van der Waals surface area contributed by atoms with Gasteiger partial charge in [-0.3, -0.25) is 10.1 Å². The van der Waals surface area contributed by atoms with Crippen molar-refractivity contribution in [2.75, 3.05) is 10.6 Å². The van der Waals surface area contributed by atoms with Gasteiger partial charge in [-0.15, -0.1) is 0 Å². The summed E-state index contributed by atoms with van der Waals surface area (Å²) in [6, 6.07) is 7.77. The molecular formula is C22H19F3N6O4. The average Bonchev–Trinajstić information content (AvgIpc) is 2.80. The first-order valence-electron chi connectivity index (χ1n) is 10.2. The minimum absolute atomic E-state index is 0.0476. The van der Waals surface area contributed by atoms with Crippen molar-refractivity contribution in [2.45, 2.75) is 19.3 Å². The molecule has 0 atom stereocenters. The fraction of sp³-hybridized carbons (Fsp3) is 0.182. The molecule has 35 heavy (non-hydrogen) atoms. The van der Waals surface area contributed by atoms with Gasteiger partial charge in [-0.1, -0.05) is 12.1 Å². The number of carbonyl (C=O) groups is 2. The van der Waals surface area contributed by atoms with Crippen LogP contribution in [0.15, 0.2) is 53.6 Å². The number of aryl methyl sites for hydroxylation is 1. The van der Waals surface area contributed by atoms with E-state index in [1.54, 1.807) is 30.3 Å². The number of nitrogens with zero attached hydrogens (tertiary/aromatic N) is 2. The number of fused-ring (bicyclic) bond motifs is 1. The predicted octanol–water partition coefficient (Wildman–Crippen LogP) is 3.55. The Morgan fingerprint density at radius 2 is 1.94 bits per heavy atom. The summed E-state index contributed by atoms with van der Waals surface area (Å²) in [5, 5.41) is 9.88. The van der Waals surface area contributed by atoms with E-state index in [1.165, 1.54) is 13.2 Å². The van der Waals surface area contributed by atoms with Crippen LogP contribution in [-0.2, 0) is 26.3 Å². The molecule has 0 saturated heterocycles. The lowest BCUT2D eigenvalue weighted by Gasteiger charge is -2.20. The number of benzene rings is 1. The van der Waals surface area contributed by atoms with Crippen LogP contribution in [0.4, 0.5) is 34.3 Å². The molecule has 2 aromatic heterocycles. The first-order valence-corrected chi connectivity index (χ1v) is 10.2. The quantitative estimate of drug-likeness (QED) is 0.437. The van der Waals surface area contributed by atoms with Crippen LogP contribution in [0.3, 0.4) is 0 Å². The zero-order valence-electron chi connectivity index (χ0n) is 18.2. The van der Waals surface area contributed by atoms with Crippen molar-refractivity contribution in [2.24, 2.45) is 7.05 Å². The molecule has 0 aliphatic carbocycles. The number of nitrogens with one attached hydrogen (secondary N) is 4. The van der Waals surface area contributed by atoms with Gasteiger partial charge in [-0.05, 0) is 29.8 Å². The summed E-state index contributed by atoms with van der Waals surface area (Å²) >= 11 is 0. The molecule has 0 unspecified atom stereocenters. The van der Waals surface area contributed by atoms with E-state index < -0.39 is 29.0 Å². The standard InChI is InChI=1S/C22H19F3N6O4/c1-31-11-13(22(23,24)25)8-16(19(31)32)29-20(33)27-9-12-2-4-14(5-3-12)35-17-6-7-26-18-15(17)10-28-21(34)30-18/h2-8,11H,9-10H2,1H3,(H2,27,29,33)(H2,26,28,30,34). The number of anilines is 2. The second kappa shape index (κ2) is 9.37. The Hall–Kier alpha value is -4.55. The summed E-state index contributed by atoms with van der Waals surface area (Å²) in [5.74, 6) is 1.42. The molecule has 182 valence electrons. The van der Waals surface area contributed by atoms with Gasteiger partial charge in [0, 0.05) is 26.0 Å². The second-order valence-electron chi connectivity index (χ2n) is 7.55. The van der Waals surface area contributed by atoms with Crippen LogP contribution in [0.5, 0.6) is 11.5 Å². The number of carbonyl (C=O) groups excluding carboxylic acids is 2. The van der Waals surface area contributed by atoms with Crippen LogP contribution >= 0.6 is 0 Å². The summed E-state index contributed by atoms with van der Waals surface area (Å²) in [6.07, 6.45) is -2.50. The highest BCUT2D eigenvalue weighted by atomic mass is 19.4. The van der Waals surface area contributed by atoms with Crippen molar-refractivity contribution in [1.82, 2.24) is 20.2 Å². The number of ether oxygens (including phenoxy) is 1. The molecule has 3 aromatic rings. The van der Waals surface area contributed by atoms with Gasteiger partial charge in [0.15, 0.2) is 0 Å². The van der Waals surface area contributed by atoms with Crippen molar-refractivity contribution in [1.29, 1.82) is 0 Å². The number of amides is 4. The van der Waals surface area contributed by atoms with E-state index in [9.17, 15) is 27.6 Å². The Morgan fingerprint density at radius 3 is 2.66 bits per heavy atom. The summed E-state index contributed by atoms with van der Waals surface area (Å²) in [6.45, 7) is 0.308. The third-order valence-electron chi connectivity index (χ3n) is 5.03. The van der Waals surface area contributed by atoms with Crippen LogP contribution < -0.4 is 31.6 Å². The Morgan fingerprint density at radius 1 is 1.20 bits per heavy atom. The van der Waals surface area contributed by atoms with Gasteiger partial charge < -0.3 is 25.3 Å². The molecule has 4 rings (SSSR count). The van der Waals surface area contributed by atoms with Gasteiger partial charge in [0.2, 0.25) is 0 Å². The fourth-order valence-corrected chi connectivity index (χ4v) is 3.28.